The van der Waals surface area contributed by atoms with E-state index in [2.05, 4.69) is 4.90 Å². The lowest BCUT2D eigenvalue weighted by molar-refractivity contribution is 0.0906. The summed E-state index contributed by atoms with van der Waals surface area (Å²) in [6.07, 6.45) is 8.79. The number of hydrogen-bond acceptors (Lipinski definition) is 3. The summed E-state index contributed by atoms with van der Waals surface area (Å²) in [6, 6.07) is 0.275. The number of rotatable bonds is 2. The van der Waals surface area contributed by atoms with Crippen LogP contribution in [0.15, 0.2) is 0 Å². The summed E-state index contributed by atoms with van der Waals surface area (Å²) in [5.41, 5.74) is 6.80. The predicted molar refractivity (Wildman–Crippen MR) is 68.9 cm³/mol. The molecule has 2 saturated heterocycles. The molecule has 0 aromatic carbocycles. The van der Waals surface area contributed by atoms with E-state index in [1.807, 2.05) is 0 Å². The third-order valence-electron chi connectivity index (χ3n) is 5.32. The summed E-state index contributed by atoms with van der Waals surface area (Å²) in [5, 5.41) is 0. The van der Waals surface area contributed by atoms with Crippen LogP contribution in [0.4, 0.5) is 0 Å². The maximum absolute atomic E-state index is 6.06. The molecule has 0 radical (unpaired) electrons. The Labute approximate surface area is 105 Å². The van der Waals surface area contributed by atoms with Gasteiger partial charge in [0.2, 0.25) is 0 Å². The number of ether oxygens (including phenoxy) is 1. The highest BCUT2D eigenvalue weighted by Crippen LogP contribution is 2.46. The van der Waals surface area contributed by atoms with Crippen LogP contribution in [-0.2, 0) is 4.74 Å². The van der Waals surface area contributed by atoms with Gasteiger partial charge < -0.3 is 15.4 Å². The Balaban J connectivity index is 1.48. The van der Waals surface area contributed by atoms with Gasteiger partial charge in [0.25, 0.3) is 0 Å². The van der Waals surface area contributed by atoms with E-state index in [0.717, 1.165) is 25.2 Å². The lowest BCUT2D eigenvalue weighted by Gasteiger charge is -2.40. The van der Waals surface area contributed by atoms with Crippen molar-refractivity contribution in [3.05, 3.63) is 0 Å². The minimum Gasteiger partial charge on any atom is -0.379 e. The Morgan fingerprint density at radius 1 is 1.06 bits per heavy atom. The van der Waals surface area contributed by atoms with E-state index in [4.69, 9.17) is 10.5 Å². The summed E-state index contributed by atoms with van der Waals surface area (Å²) in [7, 11) is 0. The number of piperidine rings is 1. The third-order valence-corrected chi connectivity index (χ3v) is 5.32. The maximum atomic E-state index is 6.06. The van der Waals surface area contributed by atoms with E-state index >= 15 is 0 Å². The zero-order valence-electron chi connectivity index (χ0n) is 10.9. The third kappa shape index (κ3) is 2.51. The van der Waals surface area contributed by atoms with Gasteiger partial charge in [0.15, 0.2) is 0 Å². The predicted octanol–water partition coefficient (Wildman–Crippen LogP) is 1.62. The number of likely N-dealkylation sites (tertiary alicyclic amines) is 1. The average Bonchev–Trinajstić information content (AvgIpc) is 2.94. The molecule has 1 spiro atoms. The van der Waals surface area contributed by atoms with Crippen LogP contribution in [0.1, 0.15) is 38.5 Å². The standard InChI is InChI=1S/C14H26N2O/c15-13-11-17-10-12(13)9-16-7-5-14(6-8-16)3-1-2-4-14/h12-13H,1-11,15H2. The second kappa shape index (κ2) is 4.87. The van der Waals surface area contributed by atoms with E-state index in [1.165, 1.54) is 51.6 Å². The monoisotopic (exact) mass is 238 g/mol. The molecule has 1 aliphatic carbocycles. The summed E-state index contributed by atoms with van der Waals surface area (Å²) in [4.78, 5) is 2.63. The molecule has 0 bridgehead atoms. The molecular formula is C14H26N2O. The first-order chi connectivity index (χ1) is 8.27. The topological polar surface area (TPSA) is 38.5 Å². The second-order valence-electron chi connectivity index (χ2n) is 6.47. The highest BCUT2D eigenvalue weighted by atomic mass is 16.5. The minimum atomic E-state index is 0.275. The van der Waals surface area contributed by atoms with Gasteiger partial charge in [0.1, 0.15) is 0 Å². The highest BCUT2D eigenvalue weighted by molar-refractivity contribution is 4.91. The van der Waals surface area contributed by atoms with Crippen molar-refractivity contribution >= 4 is 0 Å². The molecule has 2 atom stereocenters. The van der Waals surface area contributed by atoms with E-state index in [1.54, 1.807) is 0 Å². The first-order valence-corrected chi connectivity index (χ1v) is 7.33. The lowest BCUT2D eigenvalue weighted by atomic mass is 9.77. The molecule has 2 unspecified atom stereocenters. The SMILES string of the molecule is NC1COCC1CN1CCC2(CCCC2)CC1. The van der Waals surface area contributed by atoms with Gasteiger partial charge in [0, 0.05) is 18.5 Å². The molecule has 1 saturated carbocycles. The van der Waals surface area contributed by atoms with E-state index in [-0.39, 0.29) is 6.04 Å². The van der Waals surface area contributed by atoms with Crippen LogP contribution in [0.2, 0.25) is 0 Å². The minimum absolute atomic E-state index is 0.275. The Morgan fingerprint density at radius 3 is 2.35 bits per heavy atom. The van der Waals surface area contributed by atoms with E-state index in [9.17, 15) is 0 Å². The normalized spacial score (nSPS) is 37.9. The summed E-state index contributed by atoms with van der Waals surface area (Å²) >= 11 is 0. The maximum Gasteiger partial charge on any atom is 0.0621 e. The van der Waals surface area contributed by atoms with Crippen LogP contribution in [0.5, 0.6) is 0 Å². The summed E-state index contributed by atoms with van der Waals surface area (Å²) < 4.78 is 5.45. The van der Waals surface area contributed by atoms with E-state index in [0.29, 0.717) is 5.92 Å². The molecule has 0 aromatic rings. The zero-order valence-corrected chi connectivity index (χ0v) is 10.9. The molecule has 3 rings (SSSR count). The highest BCUT2D eigenvalue weighted by Gasteiger charge is 2.37. The molecule has 0 amide bonds. The van der Waals surface area contributed by atoms with Crippen molar-refractivity contribution in [2.75, 3.05) is 32.8 Å². The Morgan fingerprint density at radius 2 is 1.76 bits per heavy atom. The molecule has 0 aromatic heterocycles. The molecular weight excluding hydrogens is 212 g/mol. The molecule has 3 aliphatic rings. The van der Waals surface area contributed by atoms with Crippen molar-refractivity contribution in [2.45, 2.75) is 44.6 Å². The zero-order chi connectivity index (χ0) is 11.7. The number of hydrogen-bond donors (Lipinski definition) is 1. The molecule has 3 nitrogen and oxygen atoms in total. The van der Waals surface area contributed by atoms with Crippen molar-refractivity contribution < 1.29 is 4.74 Å². The Bertz CT molecular complexity index is 253. The van der Waals surface area contributed by atoms with Crippen LogP contribution in [0.25, 0.3) is 0 Å². The molecule has 2 aliphatic heterocycles. The molecule has 2 heterocycles. The quantitative estimate of drug-likeness (QED) is 0.794. The lowest BCUT2D eigenvalue weighted by Crippen LogP contribution is -2.44. The average molecular weight is 238 g/mol. The largest absolute Gasteiger partial charge is 0.379 e. The van der Waals surface area contributed by atoms with Crippen LogP contribution in [0, 0.1) is 11.3 Å². The molecule has 98 valence electrons. The molecule has 2 N–H and O–H groups in total. The van der Waals surface area contributed by atoms with Crippen molar-refractivity contribution in [1.29, 1.82) is 0 Å². The first-order valence-electron chi connectivity index (χ1n) is 7.33. The fourth-order valence-electron chi connectivity index (χ4n) is 3.97. The van der Waals surface area contributed by atoms with Gasteiger partial charge in [-0.05, 0) is 44.2 Å². The van der Waals surface area contributed by atoms with Gasteiger partial charge >= 0.3 is 0 Å². The first kappa shape index (κ1) is 11.9. The van der Waals surface area contributed by atoms with Gasteiger partial charge in [-0.1, -0.05) is 12.8 Å². The molecule has 17 heavy (non-hydrogen) atoms. The van der Waals surface area contributed by atoms with Crippen LogP contribution in [0.3, 0.4) is 0 Å². The fraction of sp³-hybridized carbons (Fsp3) is 1.00. The van der Waals surface area contributed by atoms with Gasteiger partial charge in [0.05, 0.1) is 13.2 Å². The van der Waals surface area contributed by atoms with Gasteiger partial charge in [-0.2, -0.15) is 0 Å². The molecule has 3 fully saturated rings. The van der Waals surface area contributed by atoms with Crippen molar-refractivity contribution in [3.8, 4) is 0 Å². The van der Waals surface area contributed by atoms with Crippen molar-refractivity contribution in [1.82, 2.24) is 4.90 Å². The number of nitrogens with zero attached hydrogens (tertiary/aromatic N) is 1. The van der Waals surface area contributed by atoms with Gasteiger partial charge in [-0.15, -0.1) is 0 Å². The van der Waals surface area contributed by atoms with Crippen LogP contribution >= 0.6 is 0 Å². The van der Waals surface area contributed by atoms with Crippen molar-refractivity contribution in [3.63, 3.8) is 0 Å². The van der Waals surface area contributed by atoms with Crippen LogP contribution in [-0.4, -0.2) is 43.8 Å². The van der Waals surface area contributed by atoms with E-state index < -0.39 is 0 Å². The second-order valence-corrected chi connectivity index (χ2v) is 6.47. The Hall–Kier alpha value is -0.120. The Kier molecular flexibility index (Phi) is 3.42. The fourth-order valence-corrected chi connectivity index (χ4v) is 3.97. The smallest absolute Gasteiger partial charge is 0.0621 e. The van der Waals surface area contributed by atoms with Crippen LogP contribution < -0.4 is 5.73 Å². The summed E-state index contributed by atoms with van der Waals surface area (Å²) in [5.74, 6) is 0.577. The summed E-state index contributed by atoms with van der Waals surface area (Å²) in [6.45, 7) is 5.40. The van der Waals surface area contributed by atoms with Crippen molar-refractivity contribution in [2.24, 2.45) is 17.1 Å². The van der Waals surface area contributed by atoms with Gasteiger partial charge in [-0.3, -0.25) is 0 Å². The van der Waals surface area contributed by atoms with Gasteiger partial charge in [-0.25, -0.2) is 0 Å². The number of nitrogens with two attached hydrogens (primary N) is 1. The molecule has 3 heteroatoms.